The molecule has 10 heteroatoms. The zero-order chi connectivity index (χ0) is 22.1. The number of benzene rings is 2. The van der Waals surface area contributed by atoms with Crippen molar-refractivity contribution < 1.29 is 13.9 Å². The van der Waals surface area contributed by atoms with Gasteiger partial charge in [-0.2, -0.15) is 5.26 Å². The van der Waals surface area contributed by atoms with Gasteiger partial charge in [0, 0.05) is 12.2 Å². The second-order valence-corrected chi connectivity index (χ2v) is 8.35. The first-order chi connectivity index (χ1) is 15.1. The number of amides is 1. The van der Waals surface area contributed by atoms with E-state index in [4.69, 9.17) is 10.00 Å². The van der Waals surface area contributed by atoms with Gasteiger partial charge in [0.2, 0.25) is 11.0 Å². The lowest BCUT2D eigenvalue weighted by molar-refractivity contribution is -0.116. The number of halogens is 1. The molecule has 0 saturated carbocycles. The van der Waals surface area contributed by atoms with Crippen molar-refractivity contribution >= 4 is 45.5 Å². The Kier molecular flexibility index (Phi) is 8.20. The summed E-state index contributed by atoms with van der Waals surface area (Å²) < 4.78 is 19.8. The van der Waals surface area contributed by atoms with Crippen LogP contribution in [0.5, 0.6) is 5.75 Å². The van der Waals surface area contributed by atoms with Crippen LogP contribution in [0.2, 0.25) is 0 Å². The molecule has 0 spiro atoms. The number of nitrogens with one attached hydrogen (secondary N) is 1. The average molecular weight is 458 g/mol. The Morgan fingerprint density at radius 2 is 2.03 bits per heavy atom. The molecule has 0 unspecified atom stereocenters. The molecule has 1 amide bonds. The molecular formula is C21H20FN5O2S2. The summed E-state index contributed by atoms with van der Waals surface area (Å²) >= 11 is 2.48. The average Bonchev–Trinajstić information content (AvgIpc) is 3.23. The topological polar surface area (TPSA) is 91.1 Å². The van der Waals surface area contributed by atoms with Crippen LogP contribution in [0.25, 0.3) is 0 Å². The van der Waals surface area contributed by atoms with Crippen molar-refractivity contribution in [2.24, 2.45) is 0 Å². The first-order valence-corrected chi connectivity index (χ1v) is 11.3. The number of thioether (sulfide) groups is 1. The van der Waals surface area contributed by atoms with Crippen LogP contribution in [-0.4, -0.2) is 35.0 Å². The fraction of sp³-hybridized carbons (Fsp3) is 0.238. The van der Waals surface area contributed by atoms with Crippen LogP contribution in [0.3, 0.4) is 0 Å². The molecule has 0 bridgehead atoms. The number of anilines is 3. The quantitative estimate of drug-likeness (QED) is 0.435. The zero-order valence-corrected chi connectivity index (χ0v) is 18.4. The third-order valence-corrected chi connectivity index (χ3v) is 6.01. The van der Waals surface area contributed by atoms with Gasteiger partial charge in [0.05, 0.1) is 30.5 Å². The summed E-state index contributed by atoms with van der Waals surface area (Å²) in [5, 5.41) is 20.3. The van der Waals surface area contributed by atoms with Gasteiger partial charge in [0.1, 0.15) is 11.6 Å². The maximum absolute atomic E-state index is 13.8. The van der Waals surface area contributed by atoms with E-state index in [2.05, 4.69) is 21.6 Å². The molecular weight excluding hydrogens is 437 g/mol. The van der Waals surface area contributed by atoms with Gasteiger partial charge in [0.15, 0.2) is 4.34 Å². The van der Waals surface area contributed by atoms with Gasteiger partial charge < -0.3 is 15.0 Å². The van der Waals surface area contributed by atoms with E-state index in [1.807, 2.05) is 6.92 Å². The zero-order valence-electron chi connectivity index (χ0n) is 16.7. The number of nitriles is 1. The molecule has 3 aromatic rings. The smallest absolute Gasteiger partial charge is 0.237 e. The highest BCUT2D eigenvalue weighted by molar-refractivity contribution is 8.01. The Labute approximate surface area is 187 Å². The summed E-state index contributed by atoms with van der Waals surface area (Å²) in [6.07, 6.45) is 0.221. The predicted octanol–water partition coefficient (Wildman–Crippen LogP) is 4.86. The Hall–Kier alpha value is -3.16. The fourth-order valence-corrected chi connectivity index (χ4v) is 4.29. The van der Waals surface area contributed by atoms with E-state index >= 15 is 0 Å². The van der Waals surface area contributed by atoms with Crippen molar-refractivity contribution in [3.63, 3.8) is 0 Å². The van der Waals surface area contributed by atoms with Gasteiger partial charge in [-0.15, -0.1) is 10.2 Å². The highest BCUT2D eigenvalue weighted by Crippen LogP contribution is 2.29. The summed E-state index contributed by atoms with van der Waals surface area (Å²) in [7, 11) is 0. The first kappa shape index (κ1) is 22.5. The fourth-order valence-electron chi connectivity index (χ4n) is 2.65. The largest absolute Gasteiger partial charge is 0.494 e. The number of aromatic nitrogens is 2. The number of hydrogen-bond donors (Lipinski definition) is 1. The minimum absolute atomic E-state index is 0.132. The number of para-hydroxylation sites is 1. The van der Waals surface area contributed by atoms with Gasteiger partial charge in [-0.05, 0) is 43.3 Å². The van der Waals surface area contributed by atoms with E-state index in [0.29, 0.717) is 34.0 Å². The second kappa shape index (κ2) is 11.3. The monoisotopic (exact) mass is 457 g/mol. The number of nitrogens with zero attached hydrogens (tertiary/aromatic N) is 4. The molecule has 3 rings (SSSR count). The van der Waals surface area contributed by atoms with Gasteiger partial charge in [0.25, 0.3) is 0 Å². The minimum atomic E-state index is -0.384. The highest BCUT2D eigenvalue weighted by atomic mass is 32.2. The van der Waals surface area contributed by atoms with Crippen LogP contribution in [0, 0.1) is 17.1 Å². The third kappa shape index (κ3) is 6.41. The third-order valence-electron chi connectivity index (χ3n) is 4.05. The Balaban J connectivity index is 1.62. The molecule has 31 heavy (non-hydrogen) atoms. The molecule has 0 aliphatic heterocycles. The van der Waals surface area contributed by atoms with Crippen molar-refractivity contribution in [2.45, 2.75) is 17.7 Å². The van der Waals surface area contributed by atoms with Crippen LogP contribution < -0.4 is 15.0 Å². The van der Waals surface area contributed by atoms with Crippen molar-refractivity contribution in [3.8, 4) is 11.8 Å². The molecule has 0 radical (unpaired) electrons. The normalized spacial score (nSPS) is 10.4. The number of carbonyl (C=O) groups excluding carboxylic acids is 1. The summed E-state index contributed by atoms with van der Waals surface area (Å²) in [5.74, 6) is 0.318. The number of rotatable bonds is 10. The lowest BCUT2D eigenvalue weighted by Gasteiger charge is -2.21. The number of hydrogen-bond acceptors (Lipinski definition) is 8. The Bertz CT molecular complexity index is 1050. The summed E-state index contributed by atoms with van der Waals surface area (Å²) in [5.41, 5.74) is 1.01. The van der Waals surface area contributed by atoms with E-state index in [-0.39, 0.29) is 23.9 Å². The van der Waals surface area contributed by atoms with Crippen LogP contribution in [0.4, 0.5) is 20.9 Å². The number of carbonyl (C=O) groups is 1. The maximum atomic E-state index is 13.8. The lowest BCUT2D eigenvalue weighted by atomic mass is 10.2. The molecule has 7 nitrogen and oxygen atoms in total. The van der Waals surface area contributed by atoms with Crippen LogP contribution >= 0.6 is 23.1 Å². The molecule has 1 heterocycles. The molecule has 0 atom stereocenters. The summed E-state index contributed by atoms with van der Waals surface area (Å²) in [6.45, 7) is 2.75. The Morgan fingerprint density at radius 1 is 1.26 bits per heavy atom. The highest BCUT2D eigenvalue weighted by Gasteiger charge is 2.17. The maximum Gasteiger partial charge on any atom is 0.237 e. The Morgan fingerprint density at radius 3 is 2.74 bits per heavy atom. The van der Waals surface area contributed by atoms with Gasteiger partial charge >= 0.3 is 0 Å². The van der Waals surface area contributed by atoms with Gasteiger partial charge in [-0.3, -0.25) is 4.79 Å². The molecule has 1 N–H and O–H groups in total. The van der Waals surface area contributed by atoms with E-state index in [1.165, 1.54) is 29.2 Å². The molecule has 0 fully saturated rings. The molecule has 1 aromatic heterocycles. The van der Waals surface area contributed by atoms with Crippen molar-refractivity contribution in [3.05, 3.63) is 54.3 Å². The molecule has 0 aliphatic carbocycles. The van der Waals surface area contributed by atoms with E-state index in [9.17, 15) is 9.18 Å². The standard InChI is InChI=1S/C21H20FN5O2S2/c1-2-29-16-10-8-15(9-11-16)27(13-5-12-23)19(28)14-30-21-26-25-20(31-21)24-18-7-4-3-6-17(18)22/h3-4,6-11H,2,5,13-14H2,1H3,(H,24,25). The molecule has 160 valence electrons. The van der Waals surface area contributed by atoms with E-state index in [1.54, 1.807) is 47.4 Å². The lowest BCUT2D eigenvalue weighted by Crippen LogP contribution is -2.33. The van der Waals surface area contributed by atoms with E-state index < -0.39 is 0 Å². The van der Waals surface area contributed by atoms with Crippen LogP contribution in [-0.2, 0) is 4.79 Å². The summed E-state index contributed by atoms with van der Waals surface area (Å²) in [4.78, 5) is 14.4. The van der Waals surface area contributed by atoms with Crippen molar-refractivity contribution in [1.29, 1.82) is 5.26 Å². The van der Waals surface area contributed by atoms with Crippen LogP contribution in [0.15, 0.2) is 52.9 Å². The van der Waals surface area contributed by atoms with Gasteiger partial charge in [-0.1, -0.05) is 35.2 Å². The number of ether oxygens (including phenoxy) is 1. The predicted molar refractivity (Wildman–Crippen MR) is 121 cm³/mol. The van der Waals surface area contributed by atoms with Crippen molar-refractivity contribution in [2.75, 3.05) is 29.1 Å². The SMILES string of the molecule is CCOc1ccc(N(CCC#N)C(=O)CSc2nnc(Nc3ccccc3F)s2)cc1. The second-order valence-electron chi connectivity index (χ2n) is 6.15. The van der Waals surface area contributed by atoms with E-state index in [0.717, 1.165) is 5.75 Å². The van der Waals surface area contributed by atoms with Crippen molar-refractivity contribution in [1.82, 2.24) is 10.2 Å². The molecule has 0 saturated heterocycles. The minimum Gasteiger partial charge on any atom is -0.494 e. The molecule has 2 aromatic carbocycles. The molecule has 0 aliphatic rings. The first-order valence-electron chi connectivity index (χ1n) is 9.48. The van der Waals surface area contributed by atoms with Gasteiger partial charge in [-0.25, -0.2) is 4.39 Å². The van der Waals surface area contributed by atoms with Crippen LogP contribution in [0.1, 0.15) is 13.3 Å². The summed E-state index contributed by atoms with van der Waals surface area (Å²) in [6, 6.07) is 15.6.